The summed E-state index contributed by atoms with van der Waals surface area (Å²) in [7, 11) is 0. The lowest BCUT2D eigenvalue weighted by molar-refractivity contribution is 0.261. The number of carbonyl (C=O) groups is 1. The van der Waals surface area contributed by atoms with E-state index in [1.165, 1.54) is 6.33 Å². The van der Waals surface area contributed by atoms with Gasteiger partial charge in [-0.3, -0.25) is 5.32 Å². The van der Waals surface area contributed by atoms with Crippen LogP contribution in [0.15, 0.2) is 29.0 Å². The highest BCUT2D eigenvalue weighted by molar-refractivity contribution is 6.01. The standard InChI is InChI=1S/C22H20F2N8O2/c1-22(4-5-22)15-8-16(31-34-15)29-21(33)28-14-7-12(23)11(6-13(14)24)18-17-19(25)26-9-27-20(17)32(30-18)10-2-3-10/h6-10H,2-5H2,1H3,(H2,25,26,27)(H2,28,29,31,33). The molecule has 1 aromatic carbocycles. The van der Waals surface area contributed by atoms with Gasteiger partial charge in [-0.25, -0.2) is 28.2 Å². The van der Waals surface area contributed by atoms with E-state index in [1.54, 1.807) is 10.7 Å². The van der Waals surface area contributed by atoms with Crippen molar-refractivity contribution in [3.8, 4) is 11.3 Å². The zero-order valence-electron chi connectivity index (χ0n) is 18.1. The van der Waals surface area contributed by atoms with Gasteiger partial charge in [-0.15, -0.1) is 0 Å². The number of benzene rings is 1. The Kier molecular flexibility index (Phi) is 4.35. The van der Waals surface area contributed by atoms with Crippen molar-refractivity contribution in [2.75, 3.05) is 16.4 Å². The zero-order valence-corrected chi connectivity index (χ0v) is 18.1. The van der Waals surface area contributed by atoms with Crippen LogP contribution in [-0.4, -0.2) is 30.9 Å². The fraction of sp³-hybridized carbons (Fsp3) is 0.318. The molecule has 10 nitrogen and oxygen atoms in total. The molecular weight excluding hydrogens is 446 g/mol. The number of anilines is 3. The molecule has 0 aliphatic heterocycles. The first-order valence-electron chi connectivity index (χ1n) is 10.9. The van der Waals surface area contributed by atoms with E-state index in [-0.39, 0.29) is 40.0 Å². The number of hydrogen-bond acceptors (Lipinski definition) is 7. The maximum atomic E-state index is 15.1. The van der Waals surface area contributed by atoms with Gasteiger partial charge in [0.05, 0.1) is 17.1 Å². The van der Waals surface area contributed by atoms with Gasteiger partial charge in [0, 0.05) is 23.1 Å². The number of amides is 2. The number of carbonyl (C=O) groups excluding carboxylic acids is 1. The van der Waals surface area contributed by atoms with Crippen LogP contribution >= 0.6 is 0 Å². The fourth-order valence-electron chi connectivity index (χ4n) is 3.90. The molecule has 2 aliphatic rings. The first-order valence-corrected chi connectivity index (χ1v) is 10.9. The molecule has 0 spiro atoms. The normalized spacial score (nSPS) is 16.6. The molecule has 2 fully saturated rings. The second-order valence-corrected chi connectivity index (χ2v) is 9.01. The number of halogens is 2. The van der Waals surface area contributed by atoms with Crippen molar-refractivity contribution in [3.63, 3.8) is 0 Å². The van der Waals surface area contributed by atoms with Crippen LogP contribution in [0.25, 0.3) is 22.3 Å². The SMILES string of the molecule is CC1(c2cc(NC(=O)Nc3cc(F)c(-c4nn(C5CC5)c5ncnc(N)c45)cc3F)no2)CC1. The Morgan fingerprint density at radius 3 is 2.71 bits per heavy atom. The molecule has 0 saturated heterocycles. The Hall–Kier alpha value is -4.09. The molecule has 2 amide bonds. The molecule has 2 saturated carbocycles. The van der Waals surface area contributed by atoms with Crippen molar-refractivity contribution in [3.05, 3.63) is 41.9 Å². The monoisotopic (exact) mass is 466 g/mol. The number of urea groups is 1. The first kappa shape index (κ1) is 20.5. The van der Waals surface area contributed by atoms with E-state index >= 15 is 4.39 Å². The Balaban J connectivity index is 1.28. The number of nitrogen functional groups attached to an aromatic ring is 1. The topological polar surface area (TPSA) is 137 Å². The largest absolute Gasteiger partial charge is 0.383 e. The van der Waals surface area contributed by atoms with Crippen molar-refractivity contribution < 1.29 is 18.1 Å². The minimum atomic E-state index is -0.845. The number of nitrogens with one attached hydrogen (secondary N) is 2. The molecule has 6 rings (SSSR count). The van der Waals surface area contributed by atoms with Crippen LogP contribution < -0.4 is 16.4 Å². The molecule has 2 aliphatic carbocycles. The highest BCUT2D eigenvalue weighted by Crippen LogP contribution is 2.48. The van der Waals surface area contributed by atoms with Crippen molar-refractivity contribution in [2.45, 2.75) is 44.1 Å². The summed E-state index contributed by atoms with van der Waals surface area (Å²) in [6.45, 7) is 2.04. The molecule has 12 heteroatoms. The van der Waals surface area contributed by atoms with Gasteiger partial charge in [-0.05, 0) is 31.7 Å². The summed E-state index contributed by atoms with van der Waals surface area (Å²) in [5.74, 6) is -0.647. The molecule has 3 aromatic heterocycles. The fourth-order valence-corrected chi connectivity index (χ4v) is 3.90. The van der Waals surface area contributed by atoms with Gasteiger partial charge in [0.25, 0.3) is 0 Å². The predicted molar refractivity (Wildman–Crippen MR) is 119 cm³/mol. The smallest absolute Gasteiger partial charge is 0.325 e. The summed E-state index contributed by atoms with van der Waals surface area (Å²) in [6, 6.07) is 2.85. The van der Waals surface area contributed by atoms with Crippen LogP contribution in [0.2, 0.25) is 0 Å². The Morgan fingerprint density at radius 2 is 1.97 bits per heavy atom. The lowest BCUT2D eigenvalue weighted by Crippen LogP contribution is -2.20. The second-order valence-electron chi connectivity index (χ2n) is 9.01. The number of nitrogens with zero attached hydrogens (tertiary/aromatic N) is 5. The molecule has 4 aromatic rings. The van der Waals surface area contributed by atoms with Crippen molar-refractivity contribution in [1.82, 2.24) is 24.9 Å². The average Bonchev–Trinajstić information content (AvgIpc) is 3.69. The molecule has 0 unspecified atom stereocenters. The summed E-state index contributed by atoms with van der Waals surface area (Å²) in [6.07, 6.45) is 5.11. The van der Waals surface area contributed by atoms with Gasteiger partial charge >= 0.3 is 6.03 Å². The number of fused-ring (bicyclic) bond motifs is 1. The summed E-state index contributed by atoms with van der Waals surface area (Å²) in [5.41, 5.74) is 6.14. The molecule has 0 radical (unpaired) electrons. The first-order chi connectivity index (χ1) is 16.3. The minimum absolute atomic E-state index is 0.0560. The number of rotatable bonds is 5. The maximum absolute atomic E-state index is 15.1. The number of hydrogen-bond donors (Lipinski definition) is 3. The van der Waals surface area contributed by atoms with E-state index in [1.807, 2.05) is 6.92 Å². The number of nitrogens with two attached hydrogens (primary N) is 1. The van der Waals surface area contributed by atoms with Crippen LogP contribution in [-0.2, 0) is 5.41 Å². The third-order valence-corrected chi connectivity index (χ3v) is 6.32. The lowest BCUT2D eigenvalue weighted by atomic mass is 10.1. The number of aromatic nitrogens is 5. The van der Waals surface area contributed by atoms with E-state index in [4.69, 9.17) is 10.3 Å². The van der Waals surface area contributed by atoms with E-state index < -0.39 is 17.7 Å². The molecule has 0 bridgehead atoms. The maximum Gasteiger partial charge on any atom is 0.325 e. The zero-order chi connectivity index (χ0) is 23.6. The molecule has 3 heterocycles. The molecule has 0 atom stereocenters. The summed E-state index contributed by atoms with van der Waals surface area (Å²) in [5, 5.41) is 13.4. The highest BCUT2D eigenvalue weighted by Gasteiger charge is 2.43. The van der Waals surface area contributed by atoms with Crippen LogP contribution in [0.4, 0.5) is 30.9 Å². The van der Waals surface area contributed by atoms with Crippen molar-refractivity contribution in [1.29, 1.82) is 0 Å². The molecular formula is C22H20F2N8O2. The Morgan fingerprint density at radius 1 is 1.18 bits per heavy atom. The van der Waals surface area contributed by atoms with Gasteiger partial charge in [0.2, 0.25) is 0 Å². The molecule has 4 N–H and O–H groups in total. The van der Waals surface area contributed by atoms with Crippen LogP contribution in [0, 0.1) is 11.6 Å². The molecule has 34 heavy (non-hydrogen) atoms. The predicted octanol–water partition coefficient (Wildman–Crippen LogP) is 4.37. The van der Waals surface area contributed by atoms with E-state index in [0.717, 1.165) is 37.8 Å². The van der Waals surface area contributed by atoms with Crippen LogP contribution in [0.3, 0.4) is 0 Å². The Labute approximate surface area is 191 Å². The second kappa shape index (κ2) is 7.20. The summed E-state index contributed by atoms with van der Waals surface area (Å²) < 4.78 is 37.0. The van der Waals surface area contributed by atoms with E-state index in [2.05, 4.69) is 30.9 Å². The summed E-state index contributed by atoms with van der Waals surface area (Å²) in [4.78, 5) is 20.5. The van der Waals surface area contributed by atoms with Crippen molar-refractivity contribution in [2.24, 2.45) is 0 Å². The van der Waals surface area contributed by atoms with Crippen LogP contribution in [0.1, 0.15) is 44.4 Å². The lowest BCUT2D eigenvalue weighted by Gasteiger charge is -2.09. The third-order valence-electron chi connectivity index (χ3n) is 6.32. The van der Waals surface area contributed by atoms with Gasteiger partial charge in [-0.2, -0.15) is 5.10 Å². The molecule has 174 valence electrons. The van der Waals surface area contributed by atoms with Gasteiger partial charge in [0.1, 0.15) is 35.2 Å². The van der Waals surface area contributed by atoms with Gasteiger partial charge in [-0.1, -0.05) is 12.1 Å². The Bertz CT molecular complexity index is 1450. The van der Waals surface area contributed by atoms with Crippen molar-refractivity contribution >= 4 is 34.4 Å². The van der Waals surface area contributed by atoms with Crippen LogP contribution in [0.5, 0.6) is 0 Å². The highest BCUT2D eigenvalue weighted by atomic mass is 19.1. The summed E-state index contributed by atoms with van der Waals surface area (Å²) >= 11 is 0. The van der Waals surface area contributed by atoms with Gasteiger partial charge in [0.15, 0.2) is 11.5 Å². The quantitative estimate of drug-likeness (QED) is 0.397. The van der Waals surface area contributed by atoms with E-state index in [0.29, 0.717) is 16.8 Å². The average molecular weight is 466 g/mol. The van der Waals surface area contributed by atoms with E-state index in [9.17, 15) is 9.18 Å². The third kappa shape index (κ3) is 3.42. The minimum Gasteiger partial charge on any atom is -0.383 e. The van der Waals surface area contributed by atoms with Gasteiger partial charge < -0.3 is 15.6 Å².